The van der Waals surface area contributed by atoms with Gasteiger partial charge in [0.1, 0.15) is 30.5 Å². The van der Waals surface area contributed by atoms with E-state index in [4.69, 9.17) is 62.2 Å². The normalized spacial score (nSPS) is 45.1. The summed E-state index contributed by atoms with van der Waals surface area (Å²) < 4.78 is 63.4. The molecule has 3 saturated heterocycles. The van der Waals surface area contributed by atoms with Gasteiger partial charge in [0, 0.05) is 45.1 Å². The standard InChI is InChI=1S/C27H55N7O14S/c28-1-4-49(41,42)34-14-7-13(30)22(46-26-19(32)16(38)6-12(44-26)9-33-2-3-35)24(20(14)39)48-27-21(40)23(17(10-36)45-27)47-25-18(31)15(37)5-11(8-29)43-25/h11-27,33-40H,1-10,28-32H2/t11-,12+,13+,14-,15+,16-,17-,18-,19-,20+,21-,22-,23-,24-,25-,26-,27+/m1/s1. The number of hydrogen-bond acceptors (Lipinski definition) is 20. The molecule has 0 aromatic rings. The van der Waals surface area contributed by atoms with Crippen LogP contribution in [-0.4, -0.2) is 188 Å². The largest absolute Gasteiger partial charge is 0.395 e. The maximum Gasteiger partial charge on any atom is 0.213 e. The Kier molecular flexibility index (Phi) is 15.3. The molecular formula is C27H55N7O14S. The van der Waals surface area contributed by atoms with Crippen LogP contribution in [0.4, 0.5) is 0 Å². The van der Waals surface area contributed by atoms with Gasteiger partial charge in [-0.3, -0.25) is 0 Å². The molecule has 288 valence electrons. The highest BCUT2D eigenvalue weighted by molar-refractivity contribution is 7.89. The van der Waals surface area contributed by atoms with Gasteiger partial charge in [-0.25, -0.2) is 13.1 Å². The zero-order valence-electron chi connectivity index (χ0n) is 27.1. The number of aliphatic hydroxyl groups excluding tert-OH is 6. The van der Waals surface area contributed by atoms with Crippen LogP contribution in [0.15, 0.2) is 0 Å². The van der Waals surface area contributed by atoms with E-state index in [0.29, 0.717) is 0 Å². The molecule has 3 heterocycles. The fraction of sp³-hybridized carbons (Fsp3) is 1.00. The Labute approximate surface area is 284 Å². The molecule has 1 aliphatic carbocycles. The molecule has 4 aliphatic rings. The van der Waals surface area contributed by atoms with E-state index in [1.165, 1.54) is 0 Å². The highest BCUT2D eigenvalue weighted by Gasteiger charge is 2.54. The molecule has 21 nitrogen and oxygen atoms in total. The number of rotatable bonds is 16. The van der Waals surface area contributed by atoms with E-state index in [-0.39, 0.29) is 52.0 Å². The van der Waals surface area contributed by atoms with E-state index < -0.39 is 126 Å². The third-order valence-electron chi connectivity index (χ3n) is 9.19. The Hall–Kier alpha value is -0.810. The van der Waals surface area contributed by atoms with Crippen LogP contribution >= 0.6 is 0 Å². The van der Waals surface area contributed by atoms with E-state index >= 15 is 0 Å². The molecule has 0 aromatic heterocycles. The van der Waals surface area contributed by atoms with Crippen LogP contribution in [-0.2, 0) is 38.4 Å². The van der Waals surface area contributed by atoms with Crippen LogP contribution in [0.2, 0.25) is 0 Å². The second kappa shape index (κ2) is 18.3. The summed E-state index contributed by atoms with van der Waals surface area (Å²) in [7, 11) is -3.96. The highest BCUT2D eigenvalue weighted by atomic mass is 32.2. The van der Waals surface area contributed by atoms with Crippen LogP contribution < -0.4 is 38.7 Å². The lowest BCUT2D eigenvalue weighted by atomic mass is 9.84. The number of sulfonamides is 1. The highest BCUT2D eigenvalue weighted by Crippen LogP contribution is 2.34. The molecular weight excluding hydrogens is 678 g/mol. The van der Waals surface area contributed by atoms with Gasteiger partial charge >= 0.3 is 0 Å². The van der Waals surface area contributed by atoms with Crippen LogP contribution in [0.25, 0.3) is 0 Å². The molecule has 0 amide bonds. The first kappa shape index (κ1) is 41.0. The number of nitrogens with two attached hydrogens (primary N) is 5. The van der Waals surface area contributed by atoms with Crippen LogP contribution in [0.3, 0.4) is 0 Å². The first-order chi connectivity index (χ1) is 23.2. The third-order valence-corrected chi connectivity index (χ3v) is 10.6. The minimum atomic E-state index is -3.96. The molecule has 18 N–H and O–H groups in total. The quantitative estimate of drug-likeness (QED) is 0.0655. The topological polar surface area (TPSA) is 365 Å². The molecule has 1 saturated carbocycles. The molecule has 0 unspecified atom stereocenters. The van der Waals surface area contributed by atoms with Gasteiger partial charge < -0.3 is 93.0 Å². The number of ether oxygens (including phenoxy) is 6. The monoisotopic (exact) mass is 733 g/mol. The fourth-order valence-corrected chi connectivity index (χ4v) is 7.61. The first-order valence-corrected chi connectivity index (χ1v) is 18.1. The van der Waals surface area contributed by atoms with E-state index in [1.807, 2.05) is 0 Å². The van der Waals surface area contributed by atoms with E-state index in [9.17, 15) is 34.0 Å². The Morgan fingerprint density at radius 3 is 1.94 bits per heavy atom. The number of nitrogens with one attached hydrogen (secondary N) is 2. The summed E-state index contributed by atoms with van der Waals surface area (Å²) >= 11 is 0. The van der Waals surface area contributed by atoms with Crippen molar-refractivity contribution < 1.29 is 67.5 Å². The van der Waals surface area contributed by atoms with E-state index in [1.54, 1.807) is 0 Å². The molecule has 0 bridgehead atoms. The van der Waals surface area contributed by atoms with Crippen molar-refractivity contribution in [3.8, 4) is 0 Å². The van der Waals surface area contributed by atoms with Gasteiger partial charge in [0.2, 0.25) is 10.0 Å². The van der Waals surface area contributed by atoms with Gasteiger partial charge in [0.15, 0.2) is 18.9 Å². The molecule has 0 radical (unpaired) electrons. The Balaban J connectivity index is 1.56. The lowest BCUT2D eigenvalue weighted by Gasteiger charge is -2.47. The summed E-state index contributed by atoms with van der Waals surface area (Å²) in [6.07, 6.45) is -15.8. The summed E-state index contributed by atoms with van der Waals surface area (Å²) in [5.41, 5.74) is 30.0. The molecule has 4 fully saturated rings. The second-order valence-electron chi connectivity index (χ2n) is 12.9. The summed E-state index contributed by atoms with van der Waals surface area (Å²) in [5, 5.41) is 66.1. The van der Waals surface area contributed by atoms with Crippen molar-refractivity contribution in [2.24, 2.45) is 28.7 Å². The summed E-state index contributed by atoms with van der Waals surface area (Å²) in [6, 6.07) is -4.30. The van der Waals surface area contributed by atoms with Crippen molar-refractivity contribution in [1.29, 1.82) is 0 Å². The van der Waals surface area contributed by atoms with Crippen molar-refractivity contribution in [2.75, 3.05) is 45.1 Å². The second-order valence-corrected chi connectivity index (χ2v) is 14.8. The molecule has 49 heavy (non-hydrogen) atoms. The predicted molar refractivity (Wildman–Crippen MR) is 168 cm³/mol. The lowest BCUT2D eigenvalue weighted by Crippen LogP contribution is -2.67. The van der Waals surface area contributed by atoms with Gasteiger partial charge in [-0.15, -0.1) is 0 Å². The van der Waals surface area contributed by atoms with E-state index in [0.717, 1.165) is 0 Å². The maximum atomic E-state index is 12.6. The van der Waals surface area contributed by atoms with Gasteiger partial charge in [0.25, 0.3) is 0 Å². The van der Waals surface area contributed by atoms with E-state index in [2.05, 4.69) is 10.0 Å². The summed E-state index contributed by atoms with van der Waals surface area (Å²) in [5.74, 6) is -0.433. The molecule has 4 rings (SSSR count). The van der Waals surface area contributed by atoms with Crippen LogP contribution in [0.1, 0.15) is 19.3 Å². The van der Waals surface area contributed by atoms with Crippen molar-refractivity contribution in [2.45, 2.75) is 123 Å². The maximum absolute atomic E-state index is 12.6. The average Bonchev–Trinajstić information content (AvgIpc) is 3.34. The molecule has 17 atom stereocenters. The lowest BCUT2D eigenvalue weighted by molar-refractivity contribution is -0.295. The Morgan fingerprint density at radius 1 is 0.755 bits per heavy atom. The SMILES string of the molecule is NCCS(=O)(=O)N[C@@H]1C[C@H](N)[C@@H](O[C@H]2O[C@H](CNCCO)C[C@@H](O)[C@H]2N)[C@H](O[C@@H]2O[C@H](CO)[C@@H](O[C@H]3O[C@@H](CN)C[C@H](O)[C@H]3N)[C@H]2O)[C@H]1O. The zero-order valence-corrected chi connectivity index (χ0v) is 27.9. The van der Waals surface area contributed by atoms with Gasteiger partial charge in [-0.2, -0.15) is 0 Å². The summed E-state index contributed by atoms with van der Waals surface area (Å²) in [4.78, 5) is 0. The Bertz CT molecular complexity index is 1120. The van der Waals surface area contributed by atoms with Crippen LogP contribution in [0.5, 0.6) is 0 Å². The van der Waals surface area contributed by atoms with Crippen molar-refractivity contribution in [3.63, 3.8) is 0 Å². The predicted octanol–water partition coefficient (Wildman–Crippen LogP) is -8.29. The van der Waals surface area contributed by atoms with Crippen LogP contribution in [0, 0.1) is 0 Å². The fourth-order valence-electron chi connectivity index (χ4n) is 6.49. The number of hydrogen-bond donors (Lipinski definition) is 13. The molecule has 0 aromatic carbocycles. The van der Waals surface area contributed by atoms with Gasteiger partial charge in [-0.05, 0) is 6.42 Å². The molecule has 22 heteroatoms. The molecule has 3 aliphatic heterocycles. The smallest absolute Gasteiger partial charge is 0.213 e. The number of aliphatic hydroxyl groups is 6. The van der Waals surface area contributed by atoms with Gasteiger partial charge in [0.05, 0.1) is 67.6 Å². The average molecular weight is 734 g/mol. The molecule has 0 spiro atoms. The minimum Gasteiger partial charge on any atom is -0.395 e. The Morgan fingerprint density at radius 2 is 1.35 bits per heavy atom. The minimum absolute atomic E-state index is 0.0608. The first-order valence-electron chi connectivity index (χ1n) is 16.5. The van der Waals surface area contributed by atoms with Crippen molar-refractivity contribution in [1.82, 2.24) is 10.0 Å². The third kappa shape index (κ3) is 10.2. The van der Waals surface area contributed by atoms with Crippen molar-refractivity contribution in [3.05, 3.63) is 0 Å². The summed E-state index contributed by atoms with van der Waals surface area (Å²) in [6.45, 7) is -0.376. The van der Waals surface area contributed by atoms with Crippen molar-refractivity contribution >= 4 is 10.0 Å². The zero-order chi connectivity index (χ0) is 36.0. The van der Waals surface area contributed by atoms with Gasteiger partial charge in [-0.1, -0.05) is 0 Å².